The summed E-state index contributed by atoms with van der Waals surface area (Å²) in [7, 11) is 3.46. The van der Waals surface area contributed by atoms with Crippen LogP contribution >= 0.6 is 0 Å². The van der Waals surface area contributed by atoms with Crippen LogP contribution < -0.4 is 0 Å². The molecule has 0 amide bonds. The Kier molecular flexibility index (Phi) is 5.65. The second kappa shape index (κ2) is 7.50. The monoisotopic (exact) mass is 321 g/mol. The maximum atomic E-state index is 11.6. The highest BCUT2D eigenvalue weighted by Gasteiger charge is 2.28. The normalized spacial score (nSPS) is 21.2. The van der Waals surface area contributed by atoms with Crippen LogP contribution in [0.15, 0.2) is 12.1 Å². The molecule has 7 nitrogen and oxygen atoms in total. The average Bonchev–Trinajstić information content (AvgIpc) is 2.54. The molecule has 0 atom stereocenters. The summed E-state index contributed by atoms with van der Waals surface area (Å²) in [5.74, 6) is -0.0943. The van der Waals surface area contributed by atoms with Crippen molar-refractivity contribution >= 4 is 11.7 Å². The summed E-state index contributed by atoms with van der Waals surface area (Å²) in [6.45, 7) is 2.30. The molecule has 1 fully saturated rings. The summed E-state index contributed by atoms with van der Waals surface area (Å²) in [5.41, 5.74) is 1.32. The molecule has 0 N–H and O–H groups in total. The number of esters is 1. The Morgan fingerprint density at radius 2 is 2.04 bits per heavy atom. The first-order valence-corrected chi connectivity index (χ1v) is 7.81. The molecule has 0 radical (unpaired) electrons. The molecule has 1 heterocycles. The minimum absolute atomic E-state index is 0.0180. The first-order valence-electron chi connectivity index (χ1n) is 7.81. The Morgan fingerprint density at radius 1 is 1.39 bits per heavy atom. The number of aryl methyl sites for hydroxylation is 1. The summed E-state index contributed by atoms with van der Waals surface area (Å²) in [5, 5.41) is 10.8. The lowest BCUT2D eigenvalue weighted by molar-refractivity contribution is -0.385. The van der Waals surface area contributed by atoms with Gasteiger partial charge in [0.05, 0.1) is 23.6 Å². The highest BCUT2D eigenvalue weighted by atomic mass is 16.6. The van der Waals surface area contributed by atoms with Crippen molar-refractivity contribution < 1.29 is 14.5 Å². The predicted molar refractivity (Wildman–Crippen MR) is 84.9 cm³/mol. The Labute approximate surface area is 135 Å². The molecule has 23 heavy (non-hydrogen) atoms. The SMILES string of the molecule is COC(=O)C1CCC(N(C)Cc2ccc([N+](=O)[O-])c(C)n2)CC1. The fourth-order valence-corrected chi connectivity index (χ4v) is 3.19. The lowest BCUT2D eigenvalue weighted by atomic mass is 9.85. The van der Waals surface area contributed by atoms with Gasteiger partial charge in [0.2, 0.25) is 0 Å². The molecule has 7 heteroatoms. The third kappa shape index (κ3) is 4.25. The molecule has 1 aliphatic rings. The second-order valence-electron chi connectivity index (χ2n) is 6.11. The highest BCUT2D eigenvalue weighted by molar-refractivity contribution is 5.72. The zero-order valence-corrected chi connectivity index (χ0v) is 13.8. The number of ether oxygens (including phenoxy) is 1. The smallest absolute Gasteiger partial charge is 0.308 e. The largest absolute Gasteiger partial charge is 0.469 e. The predicted octanol–water partition coefficient (Wildman–Crippen LogP) is 2.46. The lowest BCUT2D eigenvalue weighted by Crippen LogP contribution is -2.36. The number of pyridine rings is 1. The van der Waals surface area contributed by atoms with E-state index in [1.807, 2.05) is 7.05 Å². The van der Waals surface area contributed by atoms with Gasteiger partial charge in [0.1, 0.15) is 5.69 Å². The van der Waals surface area contributed by atoms with Crippen molar-refractivity contribution in [2.75, 3.05) is 14.2 Å². The highest BCUT2D eigenvalue weighted by Crippen LogP contribution is 2.28. The van der Waals surface area contributed by atoms with E-state index in [1.54, 1.807) is 13.0 Å². The van der Waals surface area contributed by atoms with Crippen LogP contribution in [0.1, 0.15) is 37.1 Å². The Morgan fingerprint density at radius 3 is 2.57 bits per heavy atom. The van der Waals surface area contributed by atoms with Crippen molar-refractivity contribution in [2.45, 2.75) is 45.2 Å². The van der Waals surface area contributed by atoms with Crippen LogP contribution in [0.25, 0.3) is 0 Å². The summed E-state index contributed by atoms with van der Waals surface area (Å²) in [4.78, 5) is 28.5. The van der Waals surface area contributed by atoms with Gasteiger partial charge in [-0.25, -0.2) is 4.98 Å². The standard InChI is InChI=1S/C16H23N3O4/c1-11-15(19(21)22)9-6-13(17-11)10-18(2)14-7-4-12(5-8-14)16(20)23-3/h6,9,12,14H,4-5,7-8,10H2,1-3H3. The maximum absolute atomic E-state index is 11.6. The number of nitrogens with zero attached hydrogens (tertiary/aromatic N) is 3. The molecule has 0 aliphatic heterocycles. The van der Waals surface area contributed by atoms with Crippen molar-refractivity contribution in [3.63, 3.8) is 0 Å². The number of hydrogen-bond acceptors (Lipinski definition) is 6. The van der Waals surface area contributed by atoms with E-state index in [1.165, 1.54) is 13.2 Å². The Hall–Kier alpha value is -2.02. The van der Waals surface area contributed by atoms with E-state index in [0.29, 0.717) is 18.3 Å². The van der Waals surface area contributed by atoms with Gasteiger partial charge in [-0.15, -0.1) is 0 Å². The van der Waals surface area contributed by atoms with Gasteiger partial charge in [-0.3, -0.25) is 19.8 Å². The third-order valence-corrected chi connectivity index (χ3v) is 4.58. The molecule has 0 spiro atoms. The van der Waals surface area contributed by atoms with Gasteiger partial charge in [0.25, 0.3) is 5.69 Å². The van der Waals surface area contributed by atoms with E-state index in [2.05, 4.69) is 9.88 Å². The van der Waals surface area contributed by atoms with Crippen molar-refractivity contribution in [1.29, 1.82) is 0 Å². The lowest BCUT2D eigenvalue weighted by Gasteiger charge is -2.33. The number of nitro groups is 1. The van der Waals surface area contributed by atoms with Crippen molar-refractivity contribution in [3.05, 3.63) is 33.6 Å². The zero-order valence-electron chi connectivity index (χ0n) is 13.8. The molecule has 1 aliphatic carbocycles. The van der Waals surface area contributed by atoms with Crippen molar-refractivity contribution in [3.8, 4) is 0 Å². The van der Waals surface area contributed by atoms with Gasteiger partial charge in [0.15, 0.2) is 0 Å². The van der Waals surface area contributed by atoms with E-state index >= 15 is 0 Å². The summed E-state index contributed by atoms with van der Waals surface area (Å²) in [6, 6.07) is 3.62. The third-order valence-electron chi connectivity index (χ3n) is 4.58. The first-order chi connectivity index (χ1) is 10.9. The van der Waals surface area contributed by atoms with Gasteiger partial charge in [-0.2, -0.15) is 0 Å². The second-order valence-corrected chi connectivity index (χ2v) is 6.11. The van der Waals surface area contributed by atoms with E-state index in [0.717, 1.165) is 31.4 Å². The molecule has 0 aromatic carbocycles. The molecule has 1 aromatic rings. The first kappa shape index (κ1) is 17.3. The van der Waals surface area contributed by atoms with Crippen LogP contribution in [-0.2, 0) is 16.1 Å². The summed E-state index contributed by atoms with van der Waals surface area (Å²) in [6.07, 6.45) is 3.58. The molecule has 126 valence electrons. The molecule has 0 unspecified atom stereocenters. The fraction of sp³-hybridized carbons (Fsp3) is 0.625. The molecule has 1 saturated carbocycles. The number of carbonyl (C=O) groups excluding carboxylic acids is 1. The van der Waals surface area contributed by atoms with Gasteiger partial charge in [-0.05, 0) is 45.7 Å². The van der Waals surface area contributed by atoms with Crippen LogP contribution in [0.5, 0.6) is 0 Å². The zero-order chi connectivity index (χ0) is 17.0. The van der Waals surface area contributed by atoms with Gasteiger partial charge in [-0.1, -0.05) is 0 Å². The van der Waals surface area contributed by atoms with E-state index in [4.69, 9.17) is 4.74 Å². The Bertz CT molecular complexity index is 583. The van der Waals surface area contributed by atoms with Crippen molar-refractivity contribution in [1.82, 2.24) is 9.88 Å². The maximum Gasteiger partial charge on any atom is 0.308 e. The van der Waals surface area contributed by atoms with Gasteiger partial charge < -0.3 is 4.74 Å². The van der Waals surface area contributed by atoms with E-state index in [-0.39, 0.29) is 17.6 Å². The number of rotatable bonds is 5. The van der Waals surface area contributed by atoms with Crippen LogP contribution in [0, 0.1) is 23.0 Å². The van der Waals surface area contributed by atoms with Crippen LogP contribution in [0.4, 0.5) is 5.69 Å². The summed E-state index contributed by atoms with van der Waals surface area (Å²) >= 11 is 0. The quantitative estimate of drug-likeness (QED) is 0.470. The molecular formula is C16H23N3O4. The fourth-order valence-electron chi connectivity index (χ4n) is 3.19. The van der Waals surface area contributed by atoms with E-state index in [9.17, 15) is 14.9 Å². The number of methoxy groups -OCH3 is 1. The molecule has 1 aromatic heterocycles. The van der Waals surface area contributed by atoms with Crippen LogP contribution in [-0.4, -0.2) is 41.0 Å². The minimum Gasteiger partial charge on any atom is -0.469 e. The number of aromatic nitrogens is 1. The average molecular weight is 321 g/mol. The Balaban J connectivity index is 1.93. The molecule has 0 bridgehead atoms. The minimum atomic E-state index is -0.413. The van der Waals surface area contributed by atoms with Crippen molar-refractivity contribution in [2.24, 2.45) is 5.92 Å². The van der Waals surface area contributed by atoms with Crippen LogP contribution in [0.2, 0.25) is 0 Å². The van der Waals surface area contributed by atoms with Gasteiger partial charge in [0, 0.05) is 18.7 Å². The number of hydrogen-bond donors (Lipinski definition) is 0. The summed E-state index contributed by atoms with van der Waals surface area (Å²) < 4.78 is 4.81. The number of carbonyl (C=O) groups is 1. The topological polar surface area (TPSA) is 85.6 Å². The molecular weight excluding hydrogens is 298 g/mol. The van der Waals surface area contributed by atoms with E-state index < -0.39 is 4.92 Å². The van der Waals surface area contributed by atoms with Gasteiger partial charge >= 0.3 is 5.97 Å². The molecule has 2 rings (SSSR count). The van der Waals surface area contributed by atoms with Crippen LogP contribution in [0.3, 0.4) is 0 Å². The molecule has 0 saturated heterocycles.